The zero-order valence-corrected chi connectivity index (χ0v) is 51.9. The van der Waals surface area contributed by atoms with Crippen molar-refractivity contribution < 1.29 is 124 Å². The first-order valence-electron chi connectivity index (χ1n) is 30.5. The smallest absolute Gasteiger partial charge is 0.342 e. The molecule has 0 aliphatic heterocycles. The lowest BCUT2D eigenvalue weighted by molar-refractivity contribution is -0.152. The first-order chi connectivity index (χ1) is 44.8. The SMILES string of the molecule is C=CC(=O)OCCCCOC(=O)C1CCC(C(=O)Oc2ccc(OC(=O)C3CCC(C(=O)Oc4ccc(OC(=O)C5CCC(C(=O)Oc6ccc(OC)cc6C(=O)OCCOC(=O)C=C)CC5)c(C(=O)OCCOC(=O)C=C)c4)CC3)cc2C(=O)OCCOCC)CC1. The Morgan fingerprint density at radius 2 is 0.634 bits per heavy atom. The number of hydrogen-bond acceptors (Lipinski definition) is 26. The lowest BCUT2D eigenvalue weighted by Crippen LogP contribution is -2.31. The molecule has 0 unspecified atom stereocenters. The van der Waals surface area contributed by atoms with Gasteiger partial charge in [-0.3, -0.25) is 28.8 Å². The van der Waals surface area contributed by atoms with Gasteiger partial charge < -0.3 is 66.3 Å². The molecule has 0 atom stereocenters. The van der Waals surface area contributed by atoms with Crippen molar-refractivity contribution >= 4 is 71.6 Å². The van der Waals surface area contributed by atoms with E-state index in [4.69, 9.17) is 66.3 Å². The van der Waals surface area contributed by atoms with E-state index < -0.39 is 108 Å². The molecule has 26 nitrogen and oxygen atoms in total. The molecule has 3 aliphatic rings. The summed E-state index contributed by atoms with van der Waals surface area (Å²) in [6.07, 6.45) is 6.78. The van der Waals surface area contributed by atoms with Crippen molar-refractivity contribution in [2.24, 2.45) is 35.5 Å². The third kappa shape index (κ3) is 22.9. The van der Waals surface area contributed by atoms with Gasteiger partial charge in [0.2, 0.25) is 0 Å². The van der Waals surface area contributed by atoms with Crippen LogP contribution in [0.15, 0.2) is 92.6 Å². The summed E-state index contributed by atoms with van der Waals surface area (Å²) in [6, 6.07) is 11.8. The maximum Gasteiger partial charge on any atom is 0.342 e. The fraction of sp³-hybridized carbons (Fsp3) is 0.463. The van der Waals surface area contributed by atoms with Crippen LogP contribution in [-0.4, -0.2) is 138 Å². The molecule has 3 fully saturated rings. The Labute approximate surface area is 536 Å². The second-order valence-electron chi connectivity index (χ2n) is 21.5. The number of carbonyl (C=O) groups is 12. The van der Waals surface area contributed by atoms with Crippen molar-refractivity contribution in [3.8, 4) is 34.5 Å². The summed E-state index contributed by atoms with van der Waals surface area (Å²) in [6.45, 7) is 11.1. The van der Waals surface area contributed by atoms with Crippen LogP contribution in [0.2, 0.25) is 0 Å². The first-order valence-corrected chi connectivity index (χ1v) is 30.5. The Bertz CT molecular complexity index is 3190. The van der Waals surface area contributed by atoms with E-state index in [9.17, 15) is 57.5 Å². The van der Waals surface area contributed by atoms with E-state index in [-0.39, 0.29) is 155 Å². The Kier molecular flexibility index (Phi) is 29.2. The highest BCUT2D eigenvalue weighted by molar-refractivity contribution is 5.96. The van der Waals surface area contributed by atoms with E-state index >= 15 is 0 Å². The van der Waals surface area contributed by atoms with Crippen LogP contribution < -0.4 is 28.4 Å². The van der Waals surface area contributed by atoms with Crippen LogP contribution in [0.25, 0.3) is 0 Å². The zero-order chi connectivity index (χ0) is 67.2. The van der Waals surface area contributed by atoms with Crippen LogP contribution in [0.5, 0.6) is 34.5 Å². The summed E-state index contributed by atoms with van der Waals surface area (Å²) in [7, 11) is 1.38. The summed E-state index contributed by atoms with van der Waals surface area (Å²) in [5.74, 6) is -12.8. The standard InChI is InChI=1S/C67H76O26/c1-6-56(68)82-30-10-11-31-85-59(71)41-12-14-44(15-13-41)62(74)92-54-28-25-48(39-51(54)66(78)86-33-32-81-9-4)89-60(72)42-16-18-43(19-17-42)61(73)90-49-26-29-55(52(40-49)67(79)88-37-35-84-58(70)8-3)93-64(76)46-22-20-45(21-23-46)63(75)91-53-27-24-47(80-5)38-50(53)65(77)87-36-34-83-57(69)7-2/h6-8,24-29,38-46H,1-3,9-23,30-37H2,4-5H3. The number of benzene rings is 3. The van der Waals surface area contributed by atoms with E-state index in [2.05, 4.69) is 19.7 Å². The third-order valence-electron chi connectivity index (χ3n) is 15.3. The summed E-state index contributed by atoms with van der Waals surface area (Å²) in [5.41, 5.74) is -0.639. The van der Waals surface area contributed by atoms with Crippen LogP contribution in [0.3, 0.4) is 0 Å². The number of unbranched alkanes of at least 4 members (excludes halogenated alkanes) is 1. The number of rotatable bonds is 33. The molecule has 93 heavy (non-hydrogen) atoms. The number of carbonyl (C=O) groups excluding carboxylic acids is 12. The minimum absolute atomic E-state index is 0.0465. The zero-order valence-electron chi connectivity index (χ0n) is 51.9. The van der Waals surface area contributed by atoms with Crippen LogP contribution in [0.1, 0.15) is 128 Å². The van der Waals surface area contributed by atoms with Gasteiger partial charge in [-0.25, -0.2) is 28.8 Å². The molecule has 0 N–H and O–H groups in total. The molecule has 0 heterocycles. The molecule has 0 aromatic heterocycles. The van der Waals surface area contributed by atoms with Crippen LogP contribution in [0.4, 0.5) is 0 Å². The van der Waals surface area contributed by atoms with Gasteiger partial charge in [0.05, 0.1) is 62.4 Å². The van der Waals surface area contributed by atoms with Gasteiger partial charge >= 0.3 is 71.6 Å². The quantitative estimate of drug-likeness (QED) is 0.0183. The normalized spacial score (nSPS) is 18.2. The number of methoxy groups -OCH3 is 1. The van der Waals surface area contributed by atoms with Gasteiger partial charge in [-0.1, -0.05) is 19.7 Å². The monoisotopic (exact) mass is 1300 g/mol. The highest BCUT2D eigenvalue weighted by Gasteiger charge is 2.37. The average Bonchev–Trinajstić information content (AvgIpc) is 0.955. The highest BCUT2D eigenvalue weighted by Crippen LogP contribution is 2.37. The molecule has 0 spiro atoms. The molecule has 0 saturated heterocycles. The Morgan fingerprint density at radius 1 is 0.355 bits per heavy atom. The lowest BCUT2D eigenvalue weighted by atomic mass is 9.82. The van der Waals surface area contributed by atoms with Crippen molar-refractivity contribution in [1.82, 2.24) is 0 Å². The molecule has 6 rings (SSSR count). The van der Waals surface area contributed by atoms with Gasteiger partial charge in [-0.2, -0.15) is 0 Å². The molecule has 0 amide bonds. The van der Waals surface area contributed by atoms with Crippen LogP contribution >= 0.6 is 0 Å². The first kappa shape index (κ1) is 72.3. The molecular formula is C67H76O26. The molecule has 3 saturated carbocycles. The van der Waals surface area contributed by atoms with Gasteiger partial charge in [-0.15, -0.1) is 0 Å². The van der Waals surface area contributed by atoms with Gasteiger partial charge in [0.25, 0.3) is 0 Å². The van der Waals surface area contributed by atoms with E-state index in [1.807, 2.05) is 0 Å². The van der Waals surface area contributed by atoms with Gasteiger partial charge in [0, 0.05) is 24.8 Å². The molecular weight excluding hydrogens is 1220 g/mol. The fourth-order valence-electron chi connectivity index (χ4n) is 10.2. The van der Waals surface area contributed by atoms with Crippen LogP contribution in [0, 0.1) is 35.5 Å². The summed E-state index contributed by atoms with van der Waals surface area (Å²) >= 11 is 0. The van der Waals surface area contributed by atoms with Gasteiger partial charge in [0.15, 0.2) is 0 Å². The minimum Gasteiger partial charge on any atom is -0.497 e. The third-order valence-corrected chi connectivity index (χ3v) is 15.3. The van der Waals surface area contributed by atoms with Gasteiger partial charge in [0.1, 0.15) is 84.2 Å². The average molecular weight is 1300 g/mol. The fourth-order valence-corrected chi connectivity index (χ4v) is 10.2. The maximum atomic E-state index is 13.7. The molecule has 3 aromatic rings. The van der Waals surface area contributed by atoms with Crippen molar-refractivity contribution in [2.45, 2.75) is 96.8 Å². The second-order valence-corrected chi connectivity index (χ2v) is 21.5. The van der Waals surface area contributed by atoms with E-state index in [1.165, 1.54) is 55.6 Å². The van der Waals surface area contributed by atoms with Crippen molar-refractivity contribution in [1.29, 1.82) is 0 Å². The van der Waals surface area contributed by atoms with Crippen molar-refractivity contribution in [2.75, 3.05) is 66.6 Å². The molecule has 0 radical (unpaired) electrons. The van der Waals surface area contributed by atoms with E-state index in [1.54, 1.807) is 6.92 Å². The molecule has 26 heteroatoms. The Morgan fingerprint density at radius 3 is 0.968 bits per heavy atom. The minimum atomic E-state index is -1.03. The number of hydrogen-bond donors (Lipinski definition) is 0. The summed E-state index contributed by atoms with van der Waals surface area (Å²) in [4.78, 5) is 155. The highest BCUT2D eigenvalue weighted by atomic mass is 16.6. The maximum absolute atomic E-state index is 13.7. The Hall–Kier alpha value is -9.72. The summed E-state index contributed by atoms with van der Waals surface area (Å²) < 4.78 is 75.1. The topological polar surface area (TPSA) is 334 Å². The van der Waals surface area contributed by atoms with E-state index in [0.29, 0.717) is 45.1 Å². The lowest BCUT2D eigenvalue weighted by Gasteiger charge is -2.26. The van der Waals surface area contributed by atoms with Crippen molar-refractivity contribution in [3.63, 3.8) is 0 Å². The molecule has 500 valence electrons. The van der Waals surface area contributed by atoms with Gasteiger partial charge in [-0.05, 0) is 151 Å². The van der Waals surface area contributed by atoms with E-state index in [0.717, 1.165) is 24.3 Å². The van der Waals surface area contributed by atoms with Crippen molar-refractivity contribution in [3.05, 3.63) is 109 Å². The summed E-state index contributed by atoms with van der Waals surface area (Å²) in [5, 5.41) is 0. The predicted octanol–water partition coefficient (Wildman–Crippen LogP) is 8.06. The molecule has 3 aromatic carbocycles. The number of esters is 12. The second kappa shape index (κ2) is 37.6. The largest absolute Gasteiger partial charge is 0.497 e. The Balaban J connectivity index is 1.02. The molecule has 0 bridgehead atoms. The predicted molar refractivity (Wildman–Crippen MR) is 321 cm³/mol. The number of ether oxygens (including phenoxy) is 14. The van der Waals surface area contributed by atoms with Crippen LogP contribution in [-0.2, 0) is 81.0 Å². The molecule has 3 aliphatic carbocycles.